The van der Waals surface area contributed by atoms with Gasteiger partial charge in [-0.2, -0.15) is 0 Å². The first kappa shape index (κ1) is 47.5. The first-order chi connectivity index (χ1) is 34.5. The van der Waals surface area contributed by atoms with Crippen LogP contribution in [0.3, 0.4) is 0 Å². The number of nitrogens with one attached hydrogen (secondary N) is 7. The maximum Gasteiger partial charge on any atom is 0.344 e. The molecule has 0 bridgehead atoms. The minimum atomic E-state index is -0.690. The number of aliphatic hydroxyl groups is 1. The average molecular weight is 975 g/mol. The number of para-hydroxylation sites is 1. The monoisotopic (exact) mass is 974 g/mol. The van der Waals surface area contributed by atoms with Gasteiger partial charge in [-0.3, -0.25) is 14.8 Å². The molecule has 9 rings (SSSR count). The van der Waals surface area contributed by atoms with Crippen molar-refractivity contribution in [2.45, 2.75) is 13.3 Å². The Morgan fingerprint density at radius 2 is 1.35 bits per heavy atom. The van der Waals surface area contributed by atoms with Crippen molar-refractivity contribution in [3.8, 4) is 11.5 Å². The molecule has 0 aromatic heterocycles. The van der Waals surface area contributed by atoms with E-state index >= 15 is 0 Å². The smallest absolute Gasteiger partial charge is 0.344 e. The molecule has 18 nitrogen and oxygen atoms in total. The van der Waals surface area contributed by atoms with E-state index in [4.69, 9.17) is 9.47 Å². The van der Waals surface area contributed by atoms with E-state index in [2.05, 4.69) is 52.2 Å². The molecule has 0 unspecified atom stereocenters. The van der Waals surface area contributed by atoms with Crippen LogP contribution in [0.1, 0.15) is 40.4 Å². The molecule has 5 amide bonds. The van der Waals surface area contributed by atoms with Gasteiger partial charge in [0.25, 0.3) is 5.91 Å². The van der Waals surface area contributed by atoms with E-state index in [1.807, 2.05) is 42.5 Å². The minimum absolute atomic E-state index is 0.0311. The molecular weight excluding hydrogens is 925 g/mol. The lowest BCUT2D eigenvalue weighted by Crippen LogP contribution is -2.27. The number of carbonyl (C=O) groups excluding carboxylic acids is 4. The number of aliphatic imine (C=N–C) groups is 3. The van der Waals surface area contributed by atoms with Gasteiger partial charge < -0.3 is 56.9 Å². The molecule has 71 heavy (non-hydrogen) atoms. The summed E-state index contributed by atoms with van der Waals surface area (Å²) in [6.07, 6.45) is 2.41. The lowest BCUT2D eigenvalue weighted by atomic mass is 10.1. The van der Waals surface area contributed by atoms with Crippen molar-refractivity contribution in [2.75, 3.05) is 67.2 Å². The standard InChI is InChI=1S/C52H50N10O8S/c1-2-69-50(66)44-45(64)43(71-49(44)58-36-6-4-3-5-7-36)23-30-8-17-42(41(63)22-30)70-29-35-24-34(35)28-57-48(65)33-25-39(61-51(67)59-37-13-9-31(10-14-37)46-53-18-19-54-46)27-40(26-33)62-52(68)60-38-15-11-32(12-16-38)47-55-20-21-56-47/h3-17,22-23,25-27,34-35,63-64H,2,18-21,24,28-29H2,1H3,(H,53,54)(H,55,56)(H,57,65)(H2,59,61,67)(H2,60,62,68)/b43-23-,58-49?/t34-,35-/m0/s1. The molecule has 9 N–H and O–H groups in total. The second kappa shape index (κ2) is 21.8. The number of rotatable bonds is 16. The van der Waals surface area contributed by atoms with Gasteiger partial charge in [0.15, 0.2) is 11.5 Å². The van der Waals surface area contributed by atoms with Crippen LogP contribution in [-0.2, 0) is 9.53 Å². The third-order valence-corrected chi connectivity index (χ3v) is 12.6. The van der Waals surface area contributed by atoms with Gasteiger partial charge in [0.1, 0.15) is 28.0 Å². The maximum absolute atomic E-state index is 13.7. The van der Waals surface area contributed by atoms with Crippen molar-refractivity contribution < 1.29 is 38.9 Å². The molecule has 19 heteroatoms. The van der Waals surface area contributed by atoms with Crippen LogP contribution in [0, 0.1) is 11.8 Å². The number of aromatic hydroxyl groups is 1. The quantitative estimate of drug-likeness (QED) is 0.0429. The Morgan fingerprint density at radius 3 is 1.92 bits per heavy atom. The van der Waals surface area contributed by atoms with Gasteiger partial charge in [-0.15, -0.1) is 0 Å². The molecule has 0 saturated heterocycles. The third-order valence-electron chi connectivity index (χ3n) is 11.6. The number of aliphatic hydroxyl groups excluding tert-OH is 1. The summed E-state index contributed by atoms with van der Waals surface area (Å²) in [5, 5.41) is 42.9. The number of ether oxygens (including phenoxy) is 2. The average Bonchev–Trinajstić information content (AvgIpc) is 3.73. The number of carbonyl (C=O) groups is 4. The number of esters is 1. The summed E-state index contributed by atoms with van der Waals surface area (Å²) in [7, 11) is 0. The van der Waals surface area contributed by atoms with E-state index in [9.17, 15) is 29.4 Å². The topological polar surface area (TPSA) is 248 Å². The van der Waals surface area contributed by atoms with Crippen LogP contribution in [0.15, 0.2) is 146 Å². The summed E-state index contributed by atoms with van der Waals surface area (Å²) >= 11 is 1.12. The fourth-order valence-electron chi connectivity index (χ4n) is 7.89. The largest absolute Gasteiger partial charge is 0.506 e. The normalized spacial score (nSPS) is 17.9. The zero-order chi connectivity index (χ0) is 49.3. The Balaban J connectivity index is 0.812. The number of amidine groups is 2. The highest BCUT2D eigenvalue weighted by Crippen LogP contribution is 2.42. The molecule has 1 fully saturated rings. The van der Waals surface area contributed by atoms with Crippen LogP contribution < -0.4 is 42.0 Å². The van der Waals surface area contributed by atoms with Crippen LogP contribution in [-0.4, -0.2) is 96.8 Å². The molecule has 0 radical (unpaired) electrons. The summed E-state index contributed by atoms with van der Waals surface area (Å²) in [4.78, 5) is 66.7. The summed E-state index contributed by atoms with van der Waals surface area (Å²) in [5.74, 6) is 0.575. The molecule has 5 aromatic rings. The van der Waals surface area contributed by atoms with Crippen molar-refractivity contribution in [2.24, 2.45) is 26.8 Å². The van der Waals surface area contributed by atoms with Crippen LogP contribution in [0.4, 0.5) is 38.0 Å². The second-order valence-corrected chi connectivity index (χ2v) is 17.8. The summed E-state index contributed by atoms with van der Waals surface area (Å²) in [6, 6.07) is 31.9. The zero-order valence-corrected chi connectivity index (χ0v) is 39.3. The molecule has 362 valence electrons. The number of thioether (sulfide) groups is 1. The number of hydrogen-bond acceptors (Lipinski definition) is 14. The fourth-order valence-corrected chi connectivity index (χ4v) is 8.93. The maximum atomic E-state index is 13.7. The number of urea groups is 2. The highest BCUT2D eigenvalue weighted by atomic mass is 32.2. The minimum Gasteiger partial charge on any atom is -0.506 e. The lowest BCUT2D eigenvalue weighted by molar-refractivity contribution is -0.138. The van der Waals surface area contributed by atoms with E-state index < -0.39 is 23.9 Å². The van der Waals surface area contributed by atoms with Gasteiger partial charge in [-0.25, -0.2) is 19.4 Å². The van der Waals surface area contributed by atoms with Crippen molar-refractivity contribution in [1.29, 1.82) is 0 Å². The summed E-state index contributed by atoms with van der Waals surface area (Å²) < 4.78 is 11.2. The van der Waals surface area contributed by atoms with E-state index in [0.717, 1.165) is 54.1 Å². The van der Waals surface area contributed by atoms with Gasteiger partial charge in [-0.1, -0.05) is 36.0 Å². The van der Waals surface area contributed by atoms with Crippen molar-refractivity contribution in [3.63, 3.8) is 0 Å². The van der Waals surface area contributed by atoms with Gasteiger partial charge in [0, 0.05) is 59.1 Å². The Labute approximate surface area is 412 Å². The van der Waals surface area contributed by atoms with E-state index in [-0.39, 0.29) is 64.8 Å². The number of anilines is 4. The molecule has 4 aliphatic rings. The van der Waals surface area contributed by atoms with Crippen molar-refractivity contribution >= 4 is 86.9 Å². The number of phenolic OH excluding ortho intramolecular Hbond substituents is 1. The zero-order valence-electron chi connectivity index (χ0n) is 38.5. The summed E-state index contributed by atoms with van der Waals surface area (Å²) in [5.41, 5.74) is 4.74. The van der Waals surface area contributed by atoms with Gasteiger partial charge in [0.2, 0.25) is 0 Å². The van der Waals surface area contributed by atoms with Crippen LogP contribution in [0.2, 0.25) is 0 Å². The SMILES string of the molecule is CCOC(=O)C1=C(O)/C(=C/c2ccc(OC[C@@H]3C[C@H]3CNC(=O)c3cc(NC(=O)Nc4ccc(C5=NCCN5)cc4)cc(NC(=O)Nc4ccc(C5=NCCN5)cc4)c3)c(O)c2)SC1=Nc1ccccc1. The van der Waals surface area contributed by atoms with Gasteiger partial charge >= 0.3 is 18.0 Å². The van der Waals surface area contributed by atoms with Crippen LogP contribution in [0.25, 0.3) is 6.08 Å². The lowest BCUT2D eigenvalue weighted by Gasteiger charge is -2.14. The molecule has 1 aliphatic carbocycles. The van der Waals surface area contributed by atoms with Crippen molar-refractivity contribution in [1.82, 2.24) is 16.0 Å². The molecule has 3 aliphatic heterocycles. The molecule has 2 atom stereocenters. The molecule has 0 spiro atoms. The molecule has 3 heterocycles. The van der Waals surface area contributed by atoms with Gasteiger partial charge in [0.05, 0.1) is 36.9 Å². The Bertz CT molecular complexity index is 2910. The molecular formula is C52H50N10O8S. The van der Waals surface area contributed by atoms with E-state index in [1.165, 1.54) is 18.2 Å². The number of amides is 5. The Morgan fingerprint density at radius 1 is 0.746 bits per heavy atom. The Hall–Kier alpha value is -8.58. The van der Waals surface area contributed by atoms with E-state index in [0.29, 0.717) is 52.2 Å². The number of nitrogens with zero attached hydrogens (tertiary/aromatic N) is 3. The molecule has 1 saturated carbocycles. The van der Waals surface area contributed by atoms with Crippen molar-refractivity contribution in [3.05, 3.63) is 154 Å². The predicted molar refractivity (Wildman–Crippen MR) is 276 cm³/mol. The summed E-state index contributed by atoms with van der Waals surface area (Å²) in [6.45, 7) is 5.40. The van der Waals surface area contributed by atoms with Crippen LogP contribution >= 0.6 is 11.8 Å². The number of phenols is 1. The first-order valence-electron chi connectivity index (χ1n) is 23.0. The van der Waals surface area contributed by atoms with E-state index in [1.54, 1.807) is 67.6 Å². The predicted octanol–water partition coefficient (Wildman–Crippen LogP) is 8.02. The molecule has 5 aromatic carbocycles. The number of hydrogen-bond donors (Lipinski definition) is 9. The number of benzene rings is 5. The third kappa shape index (κ3) is 12.2. The fraction of sp³-hybridized carbons (Fsp3) is 0.212. The second-order valence-electron chi connectivity index (χ2n) is 16.7. The first-order valence-corrected chi connectivity index (χ1v) is 23.8. The van der Waals surface area contributed by atoms with Crippen LogP contribution in [0.5, 0.6) is 11.5 Å². The highest BCUT2D eigenvalue weighted by Gasteiger charge is 2.38. The highest BCUT2D eigenvalue weighted by molar-refractivity contribution is 8.18. The Kier molecular flexibility index (Phi) is 14.6. The van der Waals surface area contributed by atoms with Gasteiger partial charge in [-0.05, 0) is 128 Å².